The number of anilines is 1. The minimum absolute atomic E-state index is 0.173. The quantitative estimate of drug-likeness (QED) is 0.788. The molecule has 0 aliphatic rings. The van der Waals surface area contributed by atoms with Crippen molar-refractivity contribution in [3.63, 3.8) is 0 Å². The number of rotatable bonds is 5. The fourth-order valence-corrected chi connectivity index (χ4v) is 2.74. The first-order valence-electron chi connectivity index (χ1n) is 7.70. The predicted octanol–water partition coefficient (Wildman–Crippen LogP) is 2.20. The monoisotopic (exact) mass is 319 g/mol. The van der Waals surface area contributed by atoms with E-state index in [0.29, 0.717) is 18.7 Å². The van der Waals surface area contributed by atoms with Crippen molar-refractivity contribution in [3.8, 4) is 0 Å². The molecule has 1 atom stereocenters. The van der Waals surface area contributed by atoms with E-state index in [0.717, 1.165) is 16.7 Å². The lowest BCUT2D eigenvalue weighted by Gasteiger charge is -2.26. The van der Waals surface area contributed by atoms with Gasteiger partial charge in [-0.2, -0.15) is 5.10 Å². The molecular weight excluding hydrogens is 294 g/mol. The van der Waals surface area contributed by atoms with Crippen molar-refractivity contribution in [2.45, 2.75) is 40.2 Å². The van der Waals surface area contributed by atoms with E-state index in [1.54, 1.807) is 17.8 Å². The Hall–Kier alpha value is -2.15. The lowest BCUT2D eigenvalue weighted by atomic mass is 9.87. The van der Waals surface area contributed by atoms with Gasteiger partial charge >= 0.3 is 6.03 Å². The molecule has 0 saturated carbocycles. The Labute approximate surface area is 136 Å². The van der Waals surface area contributed by atoms with Crippen LogP contribution in [0.3, 0.4) is 0 Å². The topological polar surface area (TPSA) is 92.1 Å². The summed E-state index contributed by atoms with van der Waals surface area (Å²) < 4.78 is 1.72. The summed E-state index contributed by atoms with van der Waals surface area (Å²) in [5, 5.41) is 20.3. The zero-order valence-electron chi connectivity index (χ0n) is 14.3. The number of urea groups is 1. The molecule has 0 fully saturated rings. The van der Waals surface area contributed by atoms with Crippen LogP contribution < -0.4 is 10.6 Å². The average molecular weight is 319 g/mol. The highest BCUT2D eigenvalue weighted by molar-refractivity contribution is 5.92. The second-order valence-electron chi connectivity index (χ2n) is 6.83. The summed E-state index contributed by atoms with van der Waals surface area (Å²) in [7, 11) is 1.84. The van der Waals surface area contributed by atoms with Crippen LogP contribution in [-0.2, 0) is 7.05 Å². The number of nitrogens with one attached hydrogen (secondary N) is 2. The third-order valence-electron chi connectivity index (χ3n) is 3.70. The fraction of sp³-hybridized carbons (Fsp3) is 0.562. The van der Waals surface area contributed by atoms with Crippen LogP contribution in [0.15, 0.2) is 12.3 Å². The van der Waals surface area contributed by atoms with Gasteiger partial charge in [0.15, 0.2) is 5.65 Å². The molecule has 0 aliphatic heterocycles. The molecule has 7 nitrogen and oxygen atoms in total. The largest absolute Gasteiger partial charge is 0.393 e. The van der Waals surface area contributed by atoms with E-state index in [1.807, 2.05) is 33.9 Å². The highest BCUT2D eigenvalue weighted by Gasteiger charge is 2.21. The average Bonchev–Trinajstić information content (AvgIpc) is 2.70. The van der Waals surface area contributed by atoms with Gasteiger partial charge < -0.3 is 15.7 Å². The van der Waals surface area contributed by atoms with Crippen molar-refractivity contribution >= 4 is 22.8 Å². The second-order valence-corrected chi connectivity index (χ2v) is 6.83. The van der Waals surface area contributed by atoms with Crippen molar-refractivity contribution in [3.05, 3.63) is 18.0 Å². The van der Waals surface area contributed by atoms with Gasteiger partial charge in [-0.25, -0.2) is 9.78 Å². The number of hydrogen-bond donors (Lipinski definition) is 3. The van der Waals surface area contributed by atoms with E-state index in [1.165, 1.54) is 0 Å². The van der Waals surface area contributed by atoms with E-state index in [-0.39, 0.29) is 11.4 Å². The van der Waals surface area contributed by atoms with E-state index < -0.39 is 6.10 Å². The van der Waals surface area contributed by atoms with Crippen LogP contribution in [0.5, 0.6) is 0 Å². The van der Waals surface area contributed by atoms with E-state index in [9.17, 15) is 9.90 Å². The van der Waals surface area contributed by atoms with Crippen molar-refractivity contribution in [1.29, 1.82) is 0 Å². The van der Waals surface area contributed by atoms with E-state index in [4.69, 9.17) is 0 Å². The molecule has 0 radical (unpaired) electrons. The molecule has 2 aromatic heterocycles. The van der Waals surface area contributed by atoms with Crippen LogP contribution in [0.1, 0.15) is 32.9 Å². The number of carbonyl (C=O) groups excluding carboxylic acids is 1. The Bertz CT molecular complexity index is 706. The number of pyridine rings is 1. The maximum atomic E-state index is 12.0. The van der Waals surface area contributed by atoms with Gasteiger partial charge in [0.05, 0.1) is 23.7 Å². The molecule has 0 aromatic carbocycles. The van der Waals surface area contributed by atoms with Crippen LogP contribution in [0.4, 0.5) is 10.5 Å². The molecule has 0 bridgehead atoms. The molecule has 23 heavy (non-hydrogen) atoms. The van der Waals surface area contributed by atoms with Crippen LogP contribution in [0.25, 0.3) is 11.0 Å². The summed E-state index contributed by atoms with van der Waals surface area (Å²) in [6.45, 7) is 8.15. The number of fused-ring (bicyclic) bond motifs is 1. The molecule has 2 amide bonds. The highest BCUT2D eigenvalue weighted by atomic mass is 16.3. The molecule has 2 rings (SSSR count). The van der Waals surface area contributed by atoms with Crippen LogP contribution in [0.2, 0.25) is 0 Å². The molecule has 0 aliphatic carbocycles. The first-order valence-corrected chi connectivity index (χ1v) is 7.70. The number of aryl methyl sites for hydroxylation is 2. The summed E-state index contributed by atoms with van der Waals surface area (Å²) in [5.74, 6) is 0. The van der Waals surface area contributed by atoms with Crippen molar-refractivity contribution in [2.75, 3.05) is 11.9 Å². The number of amides is 2. The Kier molecular flexibility index (Phi) is 4.89. The summed E-state index contributed by atoms with van der Waals surface area (Å²) in [6.07, 6.45) is 1.84. The Morgan fingerprint density at radius 1 is 1.48 bits per heavy atom. The highest BCUT2D eigenvalue weighted by Crippen LogP contribution is 2.21. The number of aliphatic hydroxyl groups excluding tert-OH is 1. The summed E-state index contributed by atoms with van der Waals surface area (Å²) >= 11 is 0. The molecule has 3 N–H and O–H groups in total. The van der Waals surface area contributed by atoms with Crippen LogP contribution in [0, 0.1) is 12.3 Å². The molecule has 7 heteroatoms. The van der Waals surface area contributed by atoms with Crippen LogP contribution >= 0.6 is 0 Å². The van der Waals surface area contributed by atoms with Crippen molar-refractivity contribution in [1.82, 2.24) is 20.1 Å². The normalized spacial score (nSPS) is 13.1. The third-order valence-corrected chi connectivity index (χ3v) is 3.70. The zero-order valence-corrected chi connectivity index (χ0v) is 14.3. The molecule has 0 saturated heterocycles. The molecule has 1 unspecified atom stereocenters. The number of nitrogens with zero attached hydrogens (tertiary/aromatic N) is 3. The summed E-state index contributed by atoms with van der Waals surface area (Å²) in [6, 6.07) is 1.58. The smallest absolute Gasteiger partial charge is 0.319 e. The first-order chi connectivity index (χ1) is 10.7. The maximum absolute atomic E-state index is 12.0. The van der Waals surface area contributed by atoms with Gasteiger partial charge in [0.25, 0.3) is 0 Å². The van der Waals surface area contributed by atoms with Gasteiger partial charge in [-0.3, -0.25) is 4.68 Å². The van der Waals surface area contributed by atoms with Gasteiger partial charge in [0.1, 0.15) is 0 Å². The number of aliphatic hydroxyl groups is 1. The minimum Gasteiger partial charge on any atom is -0.393 e. The predicted molar refractivity (Wildman–Crippen MR) is 90.3 cm³/mol. The molecule has 2 aromatic rings. The Balaban J connectivity index is 1.99. The van der Waals surface area contributed by atoms with Gasteiger partial charge in [-0.15, -0.1) is 0 Å². The molecular formula is C16H25N5O2. The Morgan fingerprint density at radius 3 is 2.83 bits per heavy atom. The molecule has 2 heterocycles. The number of carbonyl (C=O) groups is 1. The molecule has 126 valence electrons. The van der Waals surface area contributed by atoms with E-state index in [2.05, 4.69) is 20.7 Å². The van der Waals surface area contributed by atoms with Gasteiger partial charge in [-0.05, 0) is 31.7 Å². The second kappa shape index (κ2) is 6.54. The van der Waals surface area contributed by atoms with Gasteiger partial charge in [0, 0.05) is 19.0 Å². The van der Waals surface area contributed by atoms with Crippen molar-refractivity contribution in [2.24, 2.45) is 12.5 Å². The Morgan fingerprint density at radius 2 is 2.17 bits per heavy atom. The first kappa shape index (κ1) is 17.2. The minimum atomic E-state index is -0.393. The van der Waals surface area contributed by atoms with Gasteiger partial charge in [-0.1, -0.05) is 13.8 Å². The third kappa shape index (κ3) is 4.41. The van der Waals surface area contributed by atoms with E-state index >= 15 is 0 Å². The van der Waals surface area contributed by atoms with Crippen molar-refractivity contribution < 1.29 is 9.90 Å². The lowest BCUT2D eigenvalue weighted by Crippen LogP contribution is -2.38. The zero-order chi connectivity index (χ0) is 17.2. The standard InChI is InChI=1S/C16H25N5O2/c1-10(22)7-16(3,4)9-18-15(23)19-12-6-13-11(2)20-21(5)14(13)17-8-12/h6,8,10,22H,7,9H2,1-5H3,(H2,18,19,23). The molecule has 0 spiro atoms. The van der Waals surface area contributed by atoms with Crippen LogP contribution in [-0.4, -0.2) is 38.6 Å². The number of aromatic nitrogens is 3. The lowest BCUT2D eigenvalue weighted by molar-refractivity contribution is 0.129. The maximum Gasteiger partial charge on any atom is 0.319 e. The SMILES string of the molecule is Cc1nn(C)c2ncc(NC(=O)NCC(C)(C)CC(C)O)cc12. The van der Waals surface area contributed by atoms with Gasteiger partial charge in [0.2, 0.25) is 0 Å². The summed E-state index contributed by atoms with van der Waals surface area (Å²) in [4.78, 5) is 16.4. The summed E-state index contributed by atoms with van der Waals surface area (Å²) in [5.41, 5.74) is 2.11. The fourth-order valence-electron chi connectivity index (χ4n) is 2.74. The number of hydrogen-bond acceptors (Lipinski definition) is 4.